The molecule has 3 rings (SSSR count). The molecule has 0 unspecified atom stereocenters. The molecule has 0 aromatic heterocycles. The summed E-state index contributed by atoms with van der Waals surface area (Å²) in [5, 5.41) is 19.9. The molecule has 0 spiro atoms. The Bertz CT molecular complexity index is 1030. The standard InChI is InChI=1S/C23H19N3O2/c1-2-28-22(27)23(15-25)20(17-11-7-4-8-12-17)13-18(19(14-24)21(23)26)16-9-5-3-6-10-16/h3-13,20H,2,26H2,1H3/t20-,23+/m1/s1. The summed E-state index contributed by atoms with van der Waals surface area (Å²) in [6, 6.07) is 22.7. The zero-order valence-electron chi connectivity index (χ0n) is 15.4. The predicted octanol–water partition coefficient (Wildman–Crippen LogP) is 3.68. The van der Waals surface area contributed by atoms with Crippen LogP contribution in [0.2, 0.25) is 0 Å². The van der Waals surface area contributed by atoms with Crippen molar-refractivity contribution in [3.05, 3.63) is 89.1 Å². The van der Waals surface area contributed by atoms with Crippen molar-refractivity contribution in [1.29, 1.82) is 10.5 Å². The van der Waals surface area contributed by atoms with E-state index in [0.29, 0.717) is 5.57 Å². The summed E-state index contributed by atoms with van der Waals surface area (Å²) in [5.41, 5.74) is 6.73. The molecule has 0 saturated heterocycles. The van der Waals surface area contributed by atoms with Gasteiger partial charge in [0.15, 0.2) is 0 Å². The van der Waals surface area contributed by atoms with E-state index in [4.69, 9.17) is 10.5 Å². The van der Waals surface area contributed by atoms with Gasteiger partial charge in [-0.3, -0.25) is 0 Å². The topological polar surface area (TPSA) is 99.9 Å². The lowest BCUT2D eigenvalue weighted by molar-refractivity contribution is -0.150. The van der Waals surface area contributed by atoms with E-state index in [1.165, 1.54) is 0 Å². The van der Waals surface area contributed by atoms with E-state index in [2.05, 4.69) is 12.1 Å². The van der Waals surface area contributed by atoms with Crippen LogP contribution in [0.4, 0.5) is 0 Å². The van der Waals surface area contributed by atoms with Crippen molar-refractivity contribution in [2.75, 3.05) is 6.61 Å². The molecular formula is C23H19N3O2. The number of hydrogen-bond acceptors (Lipinski definition) is 5. The zero-order chi connectivity index (χ0) is 20.1. The first kappa shape index (κ1) is 18.9. The van der Waals surface area contributed by atoms with Gasteiger partial charge in [-0.05, 0) is 23.6 Å². The highest BCUT2D eigenvalue weighted by molar-refractivity contribution is 5.94. The SMILES string of the molecule is CCOC(=O)[C@]1(C#N)C(N)=C(C#N)C(c2ccccc2)=C[C@@H]1c1ccccc1. The number of benzene rings is 2. The Morgan fingerprint density at radius 3 is 2.25 bits per heavy atom. The second-order valence-corrected chi connectivity index (χ2v) is 6.38. The molecule has 2 aromatic carbocycles. The Morgan fingerprint density at radius 1 is 1.11 bits per heavy atom. The average Bonchev–Trinajstić information content (AvgIpc) is 2.74. The van der Waals surface area contributed by atoms with Gasteiger partial charge in [0.25, 0.3) is 0 Å². The summed E-state index contributed by atoms with van der Waals surface area (Å²) in [5.74, 6) is -1.44. The number of carbonyl (C=O) groups excluding carboxylic acids is 1. The van der Waals surface area contributed by atoms with Crippen LogP contribution < -0.4 is 5.73 Å². The number of esters is 1. The van der Waals surface area contributed by atoms with Crippen LogP contribution in [0.3, 0.4) is 0 Å². The van der Waals surface area contributed by atoms with Crippen molar-refractivity contribution < 1.29 is 9.53 Å². The molecule has 28 heavy (non-hydrogen) atoms. The zero-order valence-corrected chi connectivity index (χ0v) is 15.4. The Morgan fingerprint density at radius 2 is 1.71 bits per heavy atom. The highest BCUT2D eigenvalue weighted by atomic mass is 16.5. The second kappa shape index (κ2) is 7.82. The fourth-order valence-electron chi connectivity index (χ4n) is 3.53. The molecule has 0 fully saturated rings. The number of nitrogens with zero attached hydrogens (tertiary/aromatic N) is 2. The molecule has 0 saturated carbocycles. The molecule has 0 heterocycles. The molecule has 2 aromatic rings. The third-order valence-electron chi connectivity index (χ3n) is 4.89. The summed E-state index contributed by atoms with van der Waals surface area (Å²) in [6.45, 7) is 1.77. The molecule has 2 atom stereocenters. The van der Waals surface area contributed by atoms with E-state index in [1.807, 2.05) is 60.7 Å². The van der Waals surface area contributed by atoms with Gasteiger partial charge >= 0.3 is 5.97 Å². The summed E-state index contributed by atoms with van der Waals surface area (Å²) >= 11 is 0. The van der Waals surface area contributed by atoms with E-state index in [9.17, 15) is 15.3 Å². The first-order valence-electron chi connectivity index (χ1n) is 8.91. The Balaban J connectivity index is 2.32. The first-order chi connectivity index (χ1) is 13.6. The maximum Gasteiger partial charge on any atom is 0.333 e. The number of allylic oxidation sites excluding steroid dienone is 3. The smallest absolute Gasteiger partial charge is 0.333 e. The lowest BCUT2D eigenvalue weighted by Gasteiger charge is -2.36. The molecule has 0 amide bonds. The lowest BCUT2D eigenvalue weighted by atomic mass is 9.65. The highest BCUT2D eigenvalue weighted by Gasteiger charge is 2.53. The first-order valence-corrected chi connectivity index (χ1v) is 8.91. The quantitative estimate of drug-likeness (QED) is 0.829. The van der Waals surface area contributed by atoms with Crippen LogP contribution >= 0.6 is 0 Å². The fraction of sp³-hybridized carbons (Fsp3) is 0.174. The van der Waals surface area contributed by atoms with E-state index in [1.54, 1.807) is 13.0 Å². The molecule has 138 valence electrons. The Labute approximate surface area is 164 Å². The minimum Gasteiger partial charge on any atom is -0.464 e. The van der Waals surface area contributed by atoms with Crippen molar-refractivity contribution in [2.24, 2.45) is 11.1 Å². The number of hydrogen-bond donors (Lipinski definition) is 1. The van der Waals surface area contributed by atoms with Crippen molar-refractivity contribution in [2.45, 2.75) is 12.8 Å². The van der Waals surface area contributed by atoms with Gasteiger partial charge in [0.1, 0.15) is 6.07 Å². The molecule has 2 N–H and O–H groups in total. The van der Waals surface area contributed by atoms with Crippen molar-refractivity contribution in [3.63, 3.8) is 0 Å². The summed E-state index contributed by atoms with van der Waals surface area (Å²) in [6.07, 6.45) is 1.78. The van der Waals surface area contributed by atoms with Gasteiger partial charge in [0.2, 0.25) is 5.41 Å². The van der Waals surface area contributed by atoms with E-state index in [0.717, 1.165) is 11.1 Å². The van der Waals surface area contributed by atoms with Crippen LogP contribution in [0, 0.1) is 28.1 Å². The van der Waals surface area contributed by atoms with Crippen LogP contribution in [0.15, 0.2) is 78.0 Å². The monoisotopic (exact) mass is 369 g/mol. The third kappa shape index (κ3) is 2.94. The van der Waals surface area contributed by atoms with Crippen molar-refractivity contribution in [3.8, 4) is 12.1 Å². The van der Waals surface area contributed by atoms with Gasteiger partial charge < -0.3 is 10.5 Å². The van der Waals surface area contributed by atoms with Crippen LogP contribution in [0.25, 0.3) is 5.57 Å². The Kier molecular flexibility index (Phi) is 5.29. The van der Waals surface area contributed by atoms with E-state index >= 15 is 0 Å². The highest BCUT2D eigenvalue weighted by Crippen LogP contribution is 2.49. The van der Waals surface area contributed by atoms with Crippen LogP contribution in [-0.4, -0.2) is 12.6 Å². The number of rotatable bonds is 4. The second-order valence-electron chi connectivity index (χ2n) is 6.38. The van der Waals surface area contributed by atoms with Gasteiger partial charge in [0, 0.05) is 5.92 Å². The average molecular weight is 369 g/mol. The van der Waals surface area contributed by atoms with Crippen LogP contribution in [0.5, 0.6) is 0 Å². The third-order valence-corrected chi connectivity index (χ3v) is 4.89. The fourth-order valence-corrected chi connectivity index (χ4v) is 3.53. The molecular weight excluding hydrogens is 350 g/mol. The maximum atomic E-state index is 13.0. The van der Waals surface area contributed by atoms with E-state index in [-0.39, 0.29) is 17.9 Å². The van der Waals surface area contributed by atoms with Gasteiger partial charge in [-0.1, -0.05) is 66.7 Å². The minimum atomic E-state index is -1.80. The molecule has 1 aliphatic rings. The maximum absolute atomic E-state index is 13.0. The molecule has 0 bridgehead atoms. The molecule has 0 aliphatic heterocycles. The molecule has 1 aliphatic carbocycles. The van der Waals surface area contributed by atoms with Crippen molar-refractivity contribution >= 4 is 11.5 Å². The number of nitrogens with two attached hydrogens (primary N) is 1. The minimum absolute atomic E-state index is 0.0776. The molecule has 0 radical (unpaired) electrons. The van der Waals surface area contributed by atoms with Crippen molar-refractivity contribution in [1.82, 2.24) is 0 Å². The van der Waals surface area contributed by atoms with E-state index < -0.39 is 17.3 Å². The van der Waals surface area contributed by atoms with Crippen LogP contribution in [0.1, 0.15) is 24.0 Å². The lowest BCUT2D eigenvalue weighted by Crippen LogP contribution is -2.44. The normalized spacial score (nSPS) is 21.2. The molecule has 5 heteroatoms. The number of carbonyl (C=O) groups is 1. The largest absolute Gasteiger partial charge is 0.464 e. The molecule has 5 nitrogen and oxygen atoms in total. The van der Waals surface area contributed by atoms with Gasteiger partial charge in [-0.2, -0.15) is 10.5 Å². The predicted molar refractivity (Wildman–Crippen MR) is 105 cm³/mol. The number of ether oxygens (including phenoxy) is 1. The summed E-state index contributed by atoms with van der Waals surface area (Å²) in [7, 11) is 0. The van der Waals surface area contributed by atoms with Gasteiger partial charge in [0.05, 0.1) is 23.9 Å². The summed E-state index contributed by atoms with van der Waals surface area (Å²) < 4.78 is 5.22. The Hall–Kier alpha value is -3.83. The summed E-state index contributed by atoms with van der Waals surface area (Å²) in [4.78, 5) is 13.0. The van der Waals surface area contributed by atoms with Gasteiger partial charge in [-0.25, -0.2) is 4.79 Å². The van der Waals surface area contributed by atoms with Crippen LogP contribution in [-0.2, 0) is 9.53 Å². The van der Waals surface area contributed by atoms with Gasteiger partial charge in [-0.15, -0.1) is 0 Å². The number of nitriles is 2.